The number of pyridine rings is 1. The SMILES string of the molecule is CCCN1CCN(C(=O)c2ccc(-c3cccs3)nc2)CC1. The topological polar surface area (TPSA) is 36.4 Å². The standard InChI is InChI=1S/C17H21N3OS/c1-2-7-19-8-10-20(11-9-19)17(21)14-5-6-15(18-13-14)16-4-3-12-22-16/h3-6,12-13H,2,7-11H2,1H3. The van der Waals surface area contributed by atoms with Crippen LogP contribution in [0.15, 0.2) is 35.8 Å². The van der Waals surface area contributed by atoms with Gasteiger partial charge in [0, 0.05) is 32.4 Å². The van der Waals surface area contributed by atoms with Crippen LogP contribution < -0.4 is 0 Å². The highest BCUT2D eigenvalue weighted by molar-refractivity contribution is 7.13. The van der Waals surface area contributed by atoms with Crippen LogP contribution in [0, 0.1) is 0 Å². The van der Waals surface area contributed by atoms with Crippen LogP contribution in [0.5, 0.6) is 0 Å². The second-order valence-corrected chi connectivity index (χ2v) is 6.49. The second kappa shape index (κ2) is 7.03. The predicted molar refractivity (Wildman–Crippen MR) is 90.2 cm³/mol. The first-order chi connectivity index (χ1) is 10.8. The number of piperazine rings is 1. The van der Waals surface area contributed by atoms with Crippen LogP contribution in [0.2, 0.25) is 0 Å². The van der Waals surface area contributed by atoms with Gasteiger partial charge >= 0.3 is 0 Å². The van der Waals surface area contributed by atoms with Gasteiger partial charge in [-0.15, -0.1) is 11.3 Å². The van der Waals surface area contributed by atoms with E-state index in [2.05, 4.69) is 16.8 Å². The molecule has 0 aromatic carbocycles. The fraction of sp³-hybridized carbons (Fsp3) is 0.412. The van der Waals surface area contributed by atoms with Crippen LogP contribution in [0.1, 0.15) is 23.7 Å². The Bertz CT molecular complexity index is 601. The van der Waals surface area contributed by atoms with Gasteiger partial charge in [-0.05, 0) is 36.5 Å². The Hall–Kier alpha value is -1.72. The summed E-state index contributed by atoms with van der Waals surface area (Å²) in [5.74, 6) is 0.0985. The average molecular weight is 315 g/mol. The molecule has 1 fully saturated rings. The van der Waals surface area contributed by atoms with Gasteiger partial charge in [-0.2, -0.15) is 0 Å². The van der Waals surface area contributed by atoms with Gasteiger partial charge in [-0.25, -0.2) is 0 Å². The summed E-state index contributed by atoms with van der Waals surface area (Å²) in [6, 6.07) is 7.88. The number of hydrogen-bond donors (Lipinski definition) is 0. The van der Waals surface area contributed by atoms with E-state index in [1.54, 1.807) is 17.5 Å². The molecule has 22 heavy (non-hydrogen) atoms. The van der Waals surface area contributed by atoms with Crippen LogP contribution in [0.3, 0.4) is 0 Å². The second-order valence-electron chi connectivity index (χ2n) is 5.54. The lowest BCUT2D eigenvalue weighted by Crippen LogP contribution is -2.48. The number of carbonyl (C=O) groups excluding carboxylic acids is 1. The summed E-state index contributed by atoms with van der Waals surface area (Å²) in [5, 5.41) is 2.03. The number of hydrogen-bond acceptors (Lipinski definition) is 4. The number of thiophene rings is 1. The maximum atomic E-state index is 12.5. The maximum Gasteiger partial charge on any atom is 0.255 e. The molecule has 2 aromatic rings. The van der Waals surface area contributed by atoms with E-state index in [0.717, 1.165) is 43.3 Å². The van der Waals surface area contributed by atoms with Crippen LogP contribution in [0.4, 0.5) is 0 Å². The van der Waals surface area contributed by atoms with Crippen molar-refractivity contribution in [3.8, 4) is 10.6 Å². The third-order valence-electron chi connectivity index (χ3n) is 3.98. The normalized spacial score (nSPS) is 16.0. The van der Waals surface area contributed by atoms with Gasteiger partial charge in [0.1, 0.15) is 0 Å². The molecule has 0 aliphatic carbocycles. The minimum Gasteiger partial charge on any atom is -0.336 e. The van der Waals surface area contributed by atoms with Crippen LogP contribution >= 0.6 is 11.3 Å². The number of aromatic nitrogens is 1. The van der Waals surface area contributed by atoms with Crippen molar-refractivity contribution in [2.24, 2.45) is 0 Å². The molecule has 3 heterocycles. The Morgan fingerprint density at radius 2 is 2.05 bits per heavy atom. The zero-order valence-corrected chi connectivity index (χ0v) is 13.7. The molecule has 0 spiro atoms. The van der Waals surface area contributed by atoms with Crippen molar-refractivity contribution in [3.63, 3.8) is 0 Å². The maximum absolute atomic E-state index is 12.5. The number of carbonyl (C=O) groups is 1. The minimum absolute atomic E-state index is 0.0985. The Balaban J connectivity index is 1.63. The van der Waals surface area contributed by atoms with E-state index in [-0.39, 0.29) is 5.91 Å². The summed E-state index contributed by atoms with van der Waals surface area (Å²) in [7, 11) is 0. The van der Waals surface area contributed by atoms with Crippen molar-refractivity contribution in [3.05, 3.63) is 41.4 Å². The zero-order chi connectivity index (χ0) is 15.4. The summed E-state index contributed by atoms with van der Waals surface area (Å²) in [6.45, 7) is 6.88. The molecule has 5 heteroatoms. The molecule has 0 saturated carbocycles. The summed E-state index contributed by atoms with van der Waals surface area (Å²) < 4.78 is 0. The molecule has 3 rings (SSSR count). The monoisotopic (exact) mass is 315 g/mol. The average Bonchev–Trinajstić information content (AvgIpc) is 3.10. The van der Waals surface area contributed by atoms with Gasteiger partial charge in [-0.1, -0.05) is 13.0 Å². The van der Waals surface area contributed by atoms with E-state index in [1.165, 1.54) is 6.42 Å². The number of rotatable bonds is 4. The quantitative estimate of drug-likeness (QED) is 0.870. The van der Waals surface area contributed by atoms with Crippen molar-refractivity contribution in [2.75, 3.05) is 32.7 Å². The smallest absolute Gasteiger partial charge is 0.255 e. The Morgan fingerprint density at radius 3 is 2.64 bits per heavy atom. The molecular formula is C17H21N3OS. The molecule has 0 N–H and O–H groups in total. The van der Waals surface area contributed by atoms with Gasteiger partial charge in [0.2, 0.25) is 0 Å². The molecule has 4 nitrogen and oxygen atoms in total. The van der Waals surface area contributed by atoms with E-state index in [0.29, 0.717) is 5.56 Å². The van der Waals surface area contributed by atoms with Gasteiger partial charge in [0.25, 0.3) is 5.91 Å². The summed E-state index contributed by atoms with van der Waals surface area (Å²) in [6.07, 6.45) is 2.87. The molecule has 1 amide bonds. The predicted octanol–water partition coefficient (Wildman–Crippen LogP) is 2.98. The highest BCUT2D eigenvalue weighted by Gasteiger charge is 2.21. The minimum atomic E-state index is 0.0985. The third kappa shape index (κ3) is 3.36. The lowest BCUT2D eigenvalue weighted by Gasteiger charge is -2.34. The molecule has 116 valence electrons. The van der Waals surface area contributed by atoms with E-state index >= 15 is 0 Å². The molecule has 1 aliphatic heterocycles. The first kappa shape index (κ1) is 15.2. The summed E-state index contributed by atoms with van der Waals surface area (Å²) in [4.78, 5) is 22.5. The molecule has 0 radical (unpaired) electrons. The van der Waals surface area contributed by atoms with E-state index < -0.39 is 0 Å². The van der Waals surface area contributed by atoms with Gasteiger partial charge in [0.05, 0.1) is 16.1 Å². The van der Waals surface area contributed by atoms with Crippen LogP contribution in [-0.4, -0.2) is 53.4 Å². The van der Waals surface area contributed by atoms with Crippen LogP contribution in [0.25, 0.3) is 10.6 Å². The molecule has 2 aromatic heterocycles. The van der Waals surface area contributed by atoms with Gasteiger partial charge in [-0.3, -0.25) is 14.7 Å². The van der Waals surface area contributed by atoms with Crippen molar-refractivity contribution >= 4 is 17.2 Å². The number of nitrogens with zero attached hydrogens (tertiary/aromatic N) is 3. The Morgan fingerprint density at radius 1 is 1.23 bits per heavy atom. The molecular weight excluding hydrogens is 294 g/mol. The van der Waals surface area contributed by atoms with E-state index in [9.17, 15) is 4.79 Å². The first-order valence-corrected chi connectivity index (χ1v) is 8.67. The van der Waals surface area contributed by atoms with Gasteiger partial charge < -0.3 is 4.90 Å². The zero-order valence-electron chi connectivity index (χ0n) is 12.9. The van der Waals surface area contributed by atoms with Crippen molar-refractivity contribution in [1.82, 2.24) is 14.8 Å². The lowest BCUT2D eigenvalue weighted by atomic mass is 10.2. The molecule has 1 aliphatic rings. The fourth-order valence-electron chi connectivity index (χ4n) is 2.76. The summed E-state index contributed by atoms with van der Waals surface area (Å²) >= 11 is 1.66. The van der Waals surface area contributed by atoms with Crippen molar-refractivity contribution in [2.45, 2.75) is 13.3 Å². The van der Waals surface area contributed by atoms with Gasteiger partial charge in [0.15, 0.2) is 0 Å². The lowest BCUT2D eigenvalue weighted by molar-refractivity contribution is 0.0637. The summed E-state index contributed by atoms with van der Waals surface area (Å²) in [5.41, 5.74) is 1.61. The third-order valence-corrected chi connectivity index (χ3v) is 4.88. The molecule has 0 unspecified atom stereocenters. The highest BCUT2D eigenvalue weighted by atomic mass is 32.1. The first-order valence-electron chi connectivity index (χ1n) is 7.79. The highest BCUT2D eigenvalue weighted by Crippen LogP contribution is 2.22. The Labute approximate surface area is 135 Å². The molecule has 0 atom stereocenters. The molecule has 0 bridgehead atoms. The molecule has 1 saturated heterocycles. The van der Waals surface area contributed by atoms with E-state index in [4.69, 9.17) is 0 Å². The van der Waals surface area contributed by atoms with Crippen molar-refractivity contribution < 1.29 is 4.79 Å². The Kier molecular flexibility index (Phi) is 4.85. The largest absolute Gasteiger partial charge is 0.336 e. The fourth-order valence-corrected chi connectivity index (χ4v) is 3.47. The van der Waals surface area contributed by atoms with Crippen molar-refractivity contribution in [1.29, 1.82) is 0 Å². The van der Waals surface area contributed by atoms with E-state index in [1.807, 2.05) is 34.5 Å². The number of amides is 1. The van der Waals surface area contributed by atoms with Crippen LogP contribution in [-0.2, 0) is 0 Å².